The normalized spacial score (nSPS) is 30.1. The predicted octanol–water partition coefficient (Wildman–Crippen LogP) is 0.0878. The monoisotopic (exact) mass is 174 g/mol. The van der Waals surface area contributed by atoms with Crippen molar-refractivity contribution < 1.29 is 19.4 Å². The third-order valence-corrected chi connectivity index (χ3v) is 1.80. The van der Waals surface area contributed by atoms with Crippen LogP contribution in [0.25, 0.3) is 0 Å². The van der Waals surface area contributed by atoms with Crippen LogP contribution >= 0.6 is 0 Å². The summed E-state index contributed by atoms with van der Waals surface area (Å²) >= 11 is 0. The zero-order valence-electron chi connectivity index (χ0n) is 7.32. The summed E-state index contributed by atoms with van der Waals surface area (Å²) in [7, 11) is 0. The lowest BCUT2D eigenvalue weighted by Crippen LogP contribution is -2.30. The van der Waals surface area contributed by atoms with Crippen molar-refractivity contribution in [1.82, 2.24) is 0 Å². The van der Waals surface area contributed by atoms with Crippen molar-refractivity contribution in [1.29, 1.82) is 0 Å². The van der Waals surface area contributed by atoms with E-state index in [2.05, 4.69) is 0 Å². The molecule has 0 amide bonds. The minimum absolute atomic E-state index is 0.101. The van der Waals surface area contributed by atoms with Gasteiger partial charge in [0.1, 0.15) is 12.4 Å². The largest absolute Gasteiger partial charge is 0.390 e. The van der Waals surface area contributed by atoms with Gasteiger partial charge in [-0.15, -0.1) is 0 Å². The van der Waals surface area contributed by atoms with Crippen LogP contribution < -0.4 is 0 Å². The molecule has 4 heteroatoms. The molecule has 0 aromatic rings. The Morgan fingerprint density at radius 2 is 2.42 bits per heavy atom. The second-order valence-corrected chi connectivity index (χ2v) is 3.34. The van der Waals surface area contributed by atoms with Crippen LogP contribution in [0.3, 0.4) is 0 Å². The van der Waals surface area contributed by atoms with E-state index >= 15 is 0 Å². The molecule has 1 aliphatic heterocycles. The SMILES string of the molecule is CC1(C)OC[C@@H]([C@H](O)CC=O)O1. The van der Waals surface area contributed by atoms with Gasteiger partial charge in [-0.1, -0.05) is 0 Å². The van der Waals surface area contributed by atoms with Gasteiger partial charge in [-0.05, 0) is 13.8 Å². The van der Waals surface area contributed by atoms with Crippen molar-refractivity contribution in [3.8, 4) is 0 Å². The third-order valence-electron chi connectivity index (χ3n) is 1.80. The van der Waals surface area contributed by atoms with Gasteiger partial charge in [-0.2, -0.15) is 0 Å². The molecule has 0 unspecified atom stereocenters. The van der Waals surface area contributed by atoms with Crippen LogP contribution in [0.1, 0.15) is 20.3 Å². The van der Waals surface area contributed by atoms with E-state index in [4.69, 9.17) is 9.47 Å². The molecule has 4 nitrogen and oxygen atoms in total. The fourth-order valence-corrected chi connectivity index (χ4v) is 1.16. The Labute approximate surface area is 71.5 Å². The van der Waals surface area contributed by atoms with Crippen LogP contribution in [0.4, 0.5) is 0 Å². The number of hydrogen-bond donors (Lipinski definition) is 1. The molecule has 0 aromatic carbocycles. The topological polar surface area (TPSA) is 55.8 Å². The molecule has 1 rings (SSSR count). The summed E-state index contributed by atoms with van der Waals surface area (Å²) in [6.45, 7) is 3.91. The zero-order chi connectivity index (χ0) is 9.19. The molecule has 1 saturated heterocycles. The Morgan fingerprint density at radius 3 is 2.83 bits per heavy atom. The van der Waals surface area contributed by atoms with E-state index in [1.54, 1.807) is 13.8 Å². The van der Waals surface area contributed by atoms with Gasteiger partial charge in [0.05, 0.1) is 12.7 Å². The van der Waals surface area contributed by atoms with Gasteiger partial charge in [0, 0.05) is 6.42 Å². The van der Waals surface area contributed by atoms with Gasteiger partial charge in [0.2, 0.25) is 0 Å². The highest BCUT2D eigenvalue weighted by atomic mass is 16.7. The van der Waals surface area contributed by atoms with E-state index in [9.17, 15) is 9.90 Å². The summed E-state index contributed by atoms with van der Waals surface area (Å²) in [4.78, 5) is 10.1. The molecule has 1 heterocycles. The summed E-state index contributed by atoms with van der Waals surface area (Å²) in [5.74, 6) is -0.630. The van der Waals surface area contributed by atoms with Crippen LogP contribution in [0, 0.1) is 0 Å². The second kappa shape index (κ2) is 3.51. The number of aldehydes is 1. The molecule has 0 saturated carbocycles. The standard InChI is InChI=1S/C8H14O4/c1-8(2)11-5-7(12-8)6(10)3-4-9/h4,6-7,10H,3,5H2,1-2H3/t6-,7+/m1/s1. The molecule has 1 fully saturated rings. The molecule has 70 valence electrons. The first-order valence-corrected chi connectivity index (χ1v) is 3.98. The quantitative estimate of drug-likeness (QED) is 0.616. The molecule has 0 spiro atoms. The van der Waals surface area contributed by atoms with Crippen molar-refractivity contribution in [2.24, 2.45) is 0 Å². The maximum absolute atomic E-state index is 10.1. The summed E-state index contributed by atoms with van der Waals surface area (Å²) in [6.07, 6.45) is -0.335. The Kier molecular flexibility index (Phi) is 2.82. The Morgan fingerprint density at radius 1 is 1.75 bits per heavy atom. The molecule has 0 bridgehead atoms. The highest BCUT2D eigenvalue weighted by Crippen LogP contribution is 2.24. The zero-order valence-corrected chi connectivity index (χ0v) is 7.32. The van der Waals surface area contributed by atoms with Gasteiger partial charge in [-0.25, -0.2) is 0 Å². The molecule has 1 aliphatic rings. The van der Waals surface area contributed by atoms with Crippen LogP contribution in [0.2, 0.25) is 0 Å². The van der Waals surface area contributed by atoms with Crippen molar-refractivity contribution in [2.75, 3.05) is 6.61 Å². The van der Waals surface area contributed by atoms with Crippen LogP contribution in [-0.4, -0.2) is 36.0 Å². The van der Waals surface area contributed by atoms with E-state index in [1.807, 2.05) is 0 Å². The molecule has 0 aliphatic carbocycles. The second-order valence-electron chi connectivity index (χ2n) is 3.34. The number of ether oxygens (including phenoxy) is 2. The van der Waals surface area contributed by atoms with Gasteiger partial charge in [0.15, 0.2) is 5.79 Å². The molecule has 12 heavy (non-hydrogen) atoms. The maximum atomic E-state index is 10.1. The van der Waals surface area contributed by atoms with Crippen LogP contribution in [-0.2, 0) is 14.3 Å². The number of rotatable bonds is 3. The van der Waals surface area contributed by atoms with Crippen molar-refractivity contribution in [3.63, 3.8) is 0 Å². The molecule has 0 radical (unpaired) electrons. The first kappa shape index (κ1) is 9.64. The van der Waals surface area contributed by atoms with Gasteiger partial charge < -0.3 is 19.4 Å². The number of carbonyl (C=O) groups excluding carboxylic acids is 1. The average Bonchev–Trinajstić information content (AvgIpc) is 2.31. The van der Waals surface area contributed by atoms with Gasteiger partial charge in [0.25, 0.3) is 0 Å². The van der Waals surface area contributed by atoms with Crippen LogP contribution in [0.5, 0.6) is 0 Å². The van der Waals surface area contributed by atoms with Gasteiger partial charge >= 0.3 is 0 Å². The smallest absolute Gasteiger partial charge is 0.163 e. The predicted molar refractivity (Wildman–Crippen MR) is 41.6 cm³/mol. The first-order valence-electron chi connectivity index (χ1n) is 3.98. The van der Waals surface area contributed by atoms with E-state index in [0.29, 0.717) is 12.9 Å². The molecular formula is C8H14O4. The van der Waals surface area contributed by atoms with Gasteiger partial charge in [-0.3, -0.25) is 0 Å². The lowest BCUT2D eigenvalue weighted by Gasteiger charge is -2.19. The fourth-order valence-electron chi connectivity index (χ4n) is 1.16. The lowest BCUT2D eigenvalue weighted by atomic mass is 10.2. The molecule has 1 N–H and O–H groups in total. The van der Waals surface area contributed by atoms with E-state index in [-0.39, 0.29) is 12.5 Å². The lowest BCUT2D eigenvalue weighted by molar-refractivity contribution is -0.152. The summed E-state index contributed by atoms with van der Waals surface area (Å²) < 4.78 is 10.6. The highest BCUT2D eigenvalue weighted by Gasteiger charge is 2.36. The number of hydrogen-bond acceptors (Lipinski definition) is 4. The number of aliphatic hydroxyl groups excluding tert-OH is 1. The van der Waals surface area contributed by atoms with E-state index < -0.39 is 11.9 Å². The fraction of sp³-hybridized carbons (Fsp3) is 0.875. The van der Waals surface area contributed by atoms with Crippen molar-refractivity contribution in [2.45, 2.75) is 38.3 Å². The Balaban J connectivity index is 2.40. The molecule has 0 aromatic heterocycles. The number of carbonyl (C=O) groups is 1. The summed E-state index contributed by atoms with van der Waals surface area (Å²) in [6, 6.07) is 0. The van der Waals surface area contributed by atoms with E-state index in [1.165, 1.54) is 0 Å². The van der Waals surface area contributed by atoms with Crippen molar-refractivity contribution >= 4 is 6.29 Å². The van der Waals surface area contributed by atoms with E-state index in [0.717, 1.165) is 0 Å². The summed E-state index contributed by atoms with van der Waals surface area (Å²) in [5, 5.41) is 9.34. The maximum Gasteiger partial charge on any atom is 0.163 e. The molecular weight excluding hydrogens is 160 g/mol. The molecule has 2 atom stereocenters. The summed E-state index contributed by atoms with van der Waals surface area (Å²) in [5.41, 5.74) is 0. The Bertz CT molecular complexity index is 166. The number of aliphatic hydroxyl groups is 1. The van der Waals surface area contributed by atoms with Crippen LogP contribution in [0.15, 0.2) is 0 Å². The Hall–Kier alpha value is -0.450. The average molecular weight is 174 g/mol. The first-order chi connectivity index (χ1) is 5.55. The minimum Gasteiger partial charge on any atom is -0.390 e. The third kappa shape index (κ3) is 2.27. The van der Waals surface area contributed by atoms with Crippen molar-refractivity contribution in [3.05, 3.63) is 0 Å². The minimum atomic E-state index is -0.746. The highest BCUT2D eigenvalue weighted by molar-refractivity contribution is 5.50.